The second-order valence-electron chi connectivity index (χ2n) is 5.58. The van der Waals surface area contributed by atoms with Crippen LogP contribution in [-0.2, 0) is 37.4 Å². The van der Waals surface area contributed by atoms with Gasteiger partial charge in [0.15, 0.2) is 0 Å². The molecule has 23 heavy (non-hydrogen) atoms. The summed E-state index contributed by atoms with van der Waals surface area (Å²) in [6, 6.07) is 11.0. The molecule has 1 aromatic carbocycles. The van der Waals surface area contributed by atoms with Gasteiger partial charge in [-0.3, -0.25) is 0 Å². The van der Waals surface area contributed by atoms with Gasteiger partial charge in [-0.1, -0.05) is 41.4 Å². The van der Waals surface area contributed by atoms with Crippen molar-refractivity contribution in [3.8, 4) is 6.07 Å². The molecule has 3 rings (SSSR count). The average molecular weight is 386 g/mol. The van der Waals surface area contributed by atoms with Crippen molar-refractivity contribution in [2.24, 2.45) is 0 Å². The van der Waals surface area contributed by atoms with Crippen molar-refractivity contribution in [3.63, 3.8) is 0 Å². The van der Waals surface area contributed by atoms with Crippen LogP contribution in [0.4, 0.5) is 0 Å². The zero-order valence-corrected chi connectivity index (χ0v) is 16.8. The fraction of sp³-hybridized carbons (Fsp3) is 0.500. The van der Waals surface area contributed by atoms with Crippen molar-refractivity contribution in [1.82, 2.24) is 0 Å². The van der Waals surface area contributed by atoms with E-state index in [4.69, 9.17) is 4.74 Å². The van der Waals surface area contributed by atoms with Gasteiger partial charge in [0.05, 0.1) is 11.6 Å². The fourth-order valence-corrected chi connectivity index (χ4v) is 2.36. The number of benzene rings is 1. The first-order valence-corrected chi connectivity index (χ1v) is 7.73. The first-order valence-electron chi connectivity index (χ1n) is 7.73. The summed E-state index contributed by atoms with van der Waals surface area (Å²) in [5, 5.41) is 17.5. The van der Waals surface area contributed by atoms with E-state index in [0.717, 1.165) is 50.3 Å². The third kappa shape index (κ3) is 6.45. The number of rotatable bonds is 2. The monoisotopic (exact) mass is 386 g/mol. The predicted molar refractivity (Wildman–Crippen MR) is 89.9 cm³/mol. The maximum atomic E-state index is 9.26. The van der Waals surface area contributed by atoms with E-state index in [1.54, 1.807) is 0 Å². The number of nitriles is 1. The van der Waals surface area contributed by atoms with Crippen LogP contribution in [0.5, 0.6) is 0 Å². The van der Waals surface area contributed by atoms with Crippen LogP contribution in [0.25, 0.3) is 16.2 Å². The van der Waals surface area contributed by atoms with E-state index in [0.29, 0.717) is 6.04 Å². The van der Waals surface area contributed by atoms with Gasteiger partial charge in [-0.25, -0.2) is 0 Å². The minimum absolute atomic E-state index is 0. The van der Waals surface area contributed by atoms with Crippen LogP contribution in [0.1, 0.15) is 24.0 Å². The summed E-state index contributed by atoms with van der Waals surface area (Å²) in [5.41, 5.74) is 4.39. The van der Waals surface area contributed by atoms with Crippen LogP contribution in [0.3, 0.4) is 0 Å². The Balaban J connectivity index is 0.000000320. The number of piperidine rings is 1. The van der Waals surface area contributed by atoms with Crippen LogP contribution in [-0.4, -0.2) is 39.4 Å². The number of aryl methyl sites for hydroxylation is 1. The van der Waals surface area contributed by atoms with Crippen molar-refractivity contribution < 1.29 is 37.4 Å². The molecule has 0 unspecified atom stereocenters. The van der Waals surface area contributed by atoms with E-state index in [9.17, 15) is 5.26 Å². The Bertz CT molecular complexity index is 534. The molecule has 0 saturated carbocycles. The normalized spacial score (nSPS) is 17.0. The second-order valence-corrected chi connectivity index (χ2v) is 5.58. The van der Waals surface area contributed by atoms with Crippen molar-refractivity contribution in [3.05, 3.63) is 51.6 Å². The molecule has 0 spiro atoms. The van der Waals surface area contributed by atoms with Gasteiger partial charge in [0.25, 0.3) is 0 Å². The largest absolute Gasteiger partial charge is 0.662 e. The summed E-state index contributed by atoms with van der Waals surface area (Å²) in [4.78, 5) is 0. The average Bonchev–Trinajstić information content (AvgIpc) is 2.51. The van der Waals surface area contributed by atoms with Crippen LogP contribution in [0, 0.1) is 18.3 Å². The van der Waals surface area contributed by atoms with Crippen molar-refractivity contribution >= 4 is 5.57 Å². The maximum Gasteiger partial charge on any atom is 0.0997 e. The Morgan fingerprint density at radius 1 is 1.22 bits per heavy atom. The molecule has 0 aliphatic carbocycles. The smallest absolute Gasteiger partial charge is 0.0997 e. The number of nitrogens with zero attached hydrogens (tertiary/aromatic N) is 3. The molecule has 0 bridgehead atoms. The summed E-state index contributed by atoms with van der Waals surface area (Å²) in [6.07, 6.45) is 1.88. The summed E-state index contributed by atoms with van der Waals surface area (Å²) in [5.74, 6) is 0. The Morgan fingerprint density at radius 3 is 2.22 bits per heavy atom. The Hall–Kier alpha value is -0.566. The van der Waals surface area contributed by atoms with E-state index in [2.05, 4.69) is 35.8 Å². The van der Waals surface area contributed by atoms with Gasteiger partial charge in [-0.15, -0.1) is 13.1 Å². The maximum absolute atomic E-state index is 9.26. The molecule has 2 aliphatic heterocycles. The molecule has 0 N–H and O–H groups in total. The summed E-state index contributed by atoms with van der Waals surface area (Å²) in [7, 11) is 1.83. The number of likely N-dealkylation sites (N-methyl/N-ethyl adjacent to an activating group) is 1. The quantitative estimate of drug-likeness (QED) is 0.726. The van der Waals surface area contributed by atoms with Gasteiger partial charge in [0.2, 0.25) is 0 Å². The van der Waals surface area contributed by atoms with Crippen LogP contribution in [0.2, 0.25) is 0 Å². The first-order chi connectivity index (χ1) is 10.7. The zero-order chi connectivity index (χ0) is 15.8. The second kappa shape index (κ2) is 11.1. The van der Waals surface area contributed by atoms with E-state index < -0.39 is 0 Å². The third-order valence-electron chi connectivity index (χ3n) is 3.93. The summed E-state index contributed by atoms with van der Waals surface area (Å²) in [6.45, 7) is 5.48. The van der Waals surface area contributed by atoms with E-state index in [1.807, 2.05) is 19.2 Å². The molecule has 2 aliphatic rings. The molecule has 0 aromatic heterocycles. The summed E-state index contributed by atoms with van der Waals surface area (Å²) >= 11 is 0. The number of hydrogen-bond acceptors (Lipinski definition) is 2. The number of hydrogen-bond donors (Lipinski definition) is 0. The Kier molecular flexibility index (Phi) is 9.86. The molecule has 4 nitrogen and oxygen atoms in total. The van der Waals surface area contributed by atoms with Crippen molar-refractivity contribution in [2.75, 3.05) is 33.4 Å². The fourth-order valence-electron chi connectivity index (χ4n) is 2.36. The molecule has 2 heterocycles. The molecule has 121 valence electrons. The topological polar surface area (TPSA) is 61.2 Å². The third-order valence-corrected chi connectivity index (χ3v) is 3.93. The van der Waals surface area contributed by atoms with Crippen LogP contribution in [0.15, 0.2) is 29.8 Å². The molecule has 5 heteroatoms. The van der Waals surface area contributed by atoms with Crippen molar-refractivity contribution in [2.45, 2.75) is 25.8 Å². The van der Waals surface area contributed by atoms with Gasteiger partial charge in [0.1, 0.15) is 0 Å². The molecule has 0 amide bonds. The minimum atomic E-state index is 0. The van der Waals surface area contributed by atoms with E-state index in [-0.39, 0.29) is 32.7 Å². The van der Waals surface area contributed by atoms with Crippen molar-refractivity contribution in [1.29, 1.82) is 5.26 Å². The Labute approximate surface area is 164 Å². The molecule has 1 aromatic rings. The molecule has 0 atom stereocenters. The predicted octanol–water partition coefficient (Wildman–Crippen LogP) is 3.83. The SMILES string of the molecule is C[N-]C1COC1.Cc1ccc(C(C#N)=C2CC[N-]CC2)cc1.[Y]. The van der Waals surface area contributed by atoms with Gasteiger partial charge < -0.3 is 15.4 Å². The molecule has 2 saturated heterocycles. The molecule has 2 fully saturated rings. The van der Waals surface area contributed by atoms with Gasteiger partial charge in [0, 0.05) is 45.9 Å². The van der Waals surface area contributed by atoms with E-state index >= 15 is 0 Å². The molecular formula is C18H23N3OY-2. The van der Waals surface area contributed by atoms with Gasteiger partial charge in [-0.2, -0.15) is 12.3 Å². The molecular weight excluding hydrogens is 363 g/mol. The van der Waals surface area contributed by atoms with Gasteiger partial charge in [-0.05, 0) is 25.3 Å². The summed E-state index contributed by atoms with van der Waals surface area (Å²) < 4.78 is 4.83. The number of allylic oxidation sites excluding steroid dienone is 1. The van der Waals surface area contributed by atoms with Crippen LogP contribution < -0.4 is 0 Å². The zero-order valence-electron chi connectivity index (χ0n) is 14.0. The number of ether oxygens (including phenoxy) is 1. The van der Waals surface area contributed by atoms with E-state index in [1.165, 1.54) is 11.1 Å². The molecule has 1 radical (unpaired) electrons. The standard InChI is InChI=1S/C14H15N2.C4H8NO.Y/c1-11-2-4-12(5-3-11)14(10-15)13-6-8-16-9-7-13;1-5-4-2-6-3-4;/h2-5H,6-9H2,1H3;4H,2-3H2,1H3;/q2*-1;. The van der Waals surface area contributed by atoms with Gasteiger partial charge >= 0.3 is 0 Å². The first kappa shape index (κ1) is 20.5. The minimum Gasteiger partial charge on any atom is -0.662 e. The van der Waals surface area contributed by atoms with Crippen LogP contribution >= 0.6 is 0 Å². The Morgan fingerprint density at radius 2 is 1.83 bits per heavy atom.